The normalized spacial score (nSPS) is 11.4. The second-order valence-electron chi connectivity index (χ2n) is 4.12. The summed E-state index contributed by atoms with van der Waals surface area (Å²) in [7, 11) is -3.80. The van der Waals surface area contributed by atoms with Crippen LogP contribution in [-0.2, 0) is 15.8 Å². The Labute approximate surface area is 136 Å². The third-order valence-electron chi connectivity index (χ3n) is 2.45. The van der Waals surface area contributed by atoms with Crippen molar-refractivity contribution in [3.8, 4) is 5.75 Å². The van der Waals surface area contributed by atoms with Crippen molar-refractivity contribution in [2.45, 2.75) is 5.75 Å². The second-order valence-corrected chi connectivity index (χ2v) is 7.12. The van der Waals surface area contributed by atoms with E-state index in [1.165, 1.54) is 30.5 Å². The molecule has 2 rings (SSSR count). The summed E-state index contributed by atoms with van der Waals surface area (Å²) in [6, 6.07) is 5.68. The number of anilines is 1. The van der Waals surface area contributed by atoms with Crippen LogP contribution >= 0.6 is 34.8 Å². The van der Waals surface area contributed by atoms with Crippen LogP contribution < -0.4 is 4.72 Å². The molecule has 21 heavy (non-hydrogen) atoms. The lowest BCUT2D eigenvalue weighted by Crippen LogP contribution is -2.16. The van der Waals surface area contributed by atoms with Gasteiger partial charge in [-0.15, -0.1) is 0 Å². The number of rotatable bonds is 4. The Morgan fingerprint density at radius 3 is 2.48 bits per heavy atom. The molecule has 2 N–H and O–H groups in total. The van der Waals surface area contributed by atoms with Gasteiger partial charge in [0.1, 0.15) is 0 Å². The standard InChI is InChI=1S/C12H9Cl3N2O3S/c13-8-2-1-7(10(15)3-8)6-21(19,20)17-12-11(18)4-9(14)5-16-12/h1-5,18H,6H2,(H,16,17). The zero-order valence-corrected chi connectivity index (χ0v) is 13.4. The molecule has 1 heterocycles. The Balaban J connectivity index is 2.22. The fraction of sp³-hybridized carbons (Fsp3) is 0.0833. The van der Waals surface area contributed by atoms with Crippen molar-refractivity contribution in [1.29, 1.82) is 0 Å². The zero-order chi connectivity index (χ0) is 15.6. The number of sulfonamides is 1. The molecule has 0 radical (unpaired) electrons. The molecule has 0 spiro atoms. The number of nitrogens with zero attached hydrogens (tertiary/aromatic N) is 1. The van der Waals surface area contributed by atoms with E-state index in [0.717, 1.165) is 0 Å². The molecule has 0 aliphatic rings. The Morgan fingerprint density at radius 2 is 1.86 bits per heavy atom. The van der Waals surface area contributed by atoms with Gasteiger partial charge in [0.05, 0.1) is 10.8 Å². The highest BCUT2D eigenvalue weighted by Crippen LogP contribution is 2.27. The third-order valence-corrected chi connectivity index (χ3v) is 4.44. The van der Waals surface area contributed by atoms with Crippen LogP contribution in [0.15, 0.2) is 30.5 Å². The summed E-state index contributed by atoms with van der Waals surface area (Å²) in [4.78, 5) is 3.71. The molecule has 5 nitrogen and oxygen atoms in total. The first-order valence-electron chi connectivity index (χ1n) is 5.56. The largest absolute Gasteiger partial charge is 0.504 e. The molecule has 1 aromatic carbocycles. The van der Waals surface area contributed by atoms with Gasteiger partial charge in [0.25, 0.3) is 0 Å². The van der Waals surface area contributed by atoms with Crippen LogP contribution in [0, 0.1) is 0 Å². The second kappa shape index (κ2) is 6.27. The van der Waals surface area contributed by atoms with E-state index in [9.17, 15) is 13.5 Å². The van der Waals surface area contributed by atoms with E-state index in [1.54, 1.807) is 0 Å². The van der Waals surface area contributed by atoms with E-state index < -0.39 is 10.0 Å². The van der Waals surface area contributed by atoms with E-state index in [1.807, 2.05) is 0 Å². The Morgan fingerprint density at radius 1 is 1.14 bits per heavy atom. The topological polar surface area (TPSA) is 79.3 Å². The summed E-state index contributed by atoms with van der Waals surface area (Å²) in [5, 5.41) is 10.4. The van der Waals surface area contributed by atoms with Crippen LogP contribution in [-0.4, -0.2) is 18.5 Å². The number of hydrogen-bond donors (Lipinski definition) is 2. The number of hydrogen-bond acceptors (Lipinski definition) is 4. The smallest absolute Gasteiger partial charge is 0.238 e. The SMILES string of the molecule is O=S(=O)(Cc1ccc(Cl)cc1Cl)Nc1ncc(Cl)cc1O. The molecule has 0 aliphatic heterocycles. The van der Waals surface area contributed by atoms with E-state index in [0.29, 0.717) is 10.6 Å². The van der Waals surface area contributed by atoms with Gasteiger partial charge in [0.15, 0.2) is 11.6 Å². The molecule has 2 aromatic rings. The van der Waals surface area contributed by atoms with Crippen LogP contribution in [0.1, 0.15) is 5.56 Å². The maximum absolute atomic E-state index is 12.1. The van der Waals surface area contributed by atoms with Crippen molar-refractivity contribution < 1.29 is 13.5 Å². The summed E-state index contributed by atoms with van der Waals surface area (Å²) in [5.41, 5.74) is 0.377. The maximum Gasteiger partial charge on any atom is 0.238 e. The van der Waals surface area contributed by atoms with Crippen LogP contribution in [0.25, 0.3) is 0 Å². The highest BCUT2D eigenvalue weighted by Gasteiger charge is 2.17. The molecule has 0 bridgehead atoms. The predicted molar refractivity (Wildman–Crippen MR) is 83.6 cm³/mol. The van der Waals surface area contributed by atoms with Crippen molar-refractivity contribution in [3.63, 3.8) is 0 Å². The highest BCUT2D eigenvalue weighted by atomic mass is 35.5. The Bertz CT molecular complexity index is 722. The molecule has 0 fully saturated rings. The number of pyridine rings is 1. The zero-order valence-electron chi connectivity index (χ0n) is 10.3. The molecule has 0 atom stereocenters. The highest BCUT2D eigenvalue weighted by molar-refractivity contribution is 7.91. The fourth-order valence-electron chi connectivity index (χ4n) is 1.53. The van der Waals surface area contributed by atoms with Crippen molar-refractivity contribution >= 4 is 50.6 Å². The van der Waals surface area contributed by atoms with Gasteiger partial charge in [-0.25, -0.2) is 13.4 Å². The maximum atomic E-state index is 12.1. The van der Waals surface area contributed by atoms with Gasteiger partial charge in [-0.1, -0.05) is 40.9 Å². The minimum Gasteiger partial charge on any atom is -0.504 e. The lowest BCUT2D eigenvalue weighted by molar-refractivity contribution is 0.475. The number of nitrogens with one attached hydrogen (secondary N) is 1. The van der Waals surface area contributed by atoms with Crippen LogP contribution in [0.2, 0.25) is 15.1 Å². The van der Waals surface area contributed by atoms with Crippen molar-refractivity contribution in [3.05, 3.63) is 51.1 Å². The molecule has 0 saturated heterocycles. The molecule has 0 aliphatic carbocycles. The van der Waals surface area contributed by atoms with Crippen molar-refractivity contribution in [1.82, 2.24) is 4.98 Å². The molecule has 1 aromatic heterocycles. The van der Waals surface area contributed by atoms with Crippen LogP contribution in [0.4, 0.5) is 5.82 Å². The summed E-state index contributed by atoms with van der Waals surface area (Å²) >= 11 is 17.3. The quantitative estimate of drug-likeness (QED) is 0.864. The molecule has 9 heteroatoms. The van der Waals surface area contributed by atoms with Gasteiger partial charge >= 0.3 is 0 Å². The Kier molecular flexibility index (Phi) is 4.83. The van der Waals surface area contributed by atoms with Gasteiger partial charge in [0, 0.05) is 22.3 Å². The predicted octanol–water partition coefficient (Wildman–Crippen LogP) is 3.69. The fourth-order valence-corrected chi connectivity index (χ4v) is 3.43. The summed E-state index contributed by atoms with van der Waals surface area (Å²) in [6.07, 6.45) is 1.22. The van der Waals surface area contributed by atoms with Gasteiger partial charge in [-0.05, 0) is 17.7 Å². The Hall–Kier alpha value is -1.21. The first-order chi connectivity index (χ1) is 9.77. The minimum atomic E-state index is -3.80. The molecular weight excluding hydrogens is 359 g/mol. The average molecular weight is 368 g/mol. The average Bonchev–Trinajstić information content (AvgIpc) is 2.36. The minimum absolute atomic E-state index is 0.191. The summed E-state index contributed by atoms with van der Waals surface area (Å²) in [5.74, 6) is -0.954. The van der Waals surface area contributed by atoms with Crippen LogP contribution in [0.5, 0.6) is 5.75 Å². The molecular formula is C12H9Cl3N2O3S. The number of aromatic nitrogens is 1. The van der Waals surface area contributed by atoms with Crippen LogP contribution in [0.3, 0.4) is 0 Å². The van der Waals surface area contributed by atoms with Gasteiger partial charge in [0.2, 0.25) is 10.0 Å². The monoisotopic (exact) mass is 366 g/mol. The van der Waals surface area contributed by atoms with Gasteiger partial charge < -0.3 is 5.11 Å². The van der Waals surface area contributed by atoms with Crippen molar-refractivity contribution in [2.24, 2.45) is 0 Å². The molecule has 0 saturated carbocycles. The first kappa shape index (κ1) is 16.2. The summed E-state index contributed by atoms with van der Waals surface area (Å²) < 4.78 is 26.3. The molecule has 0 amide bonds. The van der Waals surface area contributed by atoms with Gasteiger partial charge in [-0.3, -0.25) is 4.72 Å². The summed E-state index contributed by atoms with van der Waals surface area (Å²) in [6.45, 7) is 0. The van der Waals surface area contributed by atoms with E-state index in [4.69, 9.17) is 34.8 Å². The van der Waals surface area contributed by atoms with Gasteiger partial charge in [-0.2, -0.15) is 0 Å². The molecule has 0 unspecified atom stereocenters. The van der Waals surface area contributed by atoms with E-state index in [-0.39, 0.29) is 27.4 Å². The number of benzene rings is 1. The van der Waals surface area contributed by atoms with Crippen molar-refractivity contribution in [2.75, 3.05) is 4.72 Å². The number of halogens is 3. The van der Waals surface area contributed by atoms with E-state index >= 15 is 0 Å². The number of aromatic hydroxyl groups is 1. The van der Waals surface area contributed by atoms with E-state index in [2.05, 4.69) is 9.71 Å². The third kappa shape index (κ3) is 4.38. The lowest BCUT2D eigenvalue weighted by atomic mass is 10.2. The molecule has 112 valence electrons. The first-order valence-corrected chi connectivity index (χ1v) is 8.34. The lowest BCUT2D eigenvalue weighted by Gasteiger charge is -2.10.